The Hall–Kier alpha value is -3.87. The number of ether oxygens (including phenoxy) is 3. The number of alkyl halides is 2. The Labute approximate surface area is 298 Å². The molecule has 0 amide bonds. The van der Waals surface area contributed by atoms with Crippen molar-refractivity contribution in [2.45, 2.75) is 83.2 Å². The topological polar surface area (TPSA) is 116 Å². The Bertz CT molecular complexity index is 1840. The summed E-state index contributed by atoms with van der Waals surface area (Å²) in [6.45, 7) is 14.4. The fourth-order valence-electron chi connectivity index (χ4n) is 5.89. The normalized spacial score (nSPS) is 15.5. The first-order valence-electron chi connectivity index (χ1n) is 17.1. The summed E-state index contributed by atoms with van der Waals surface area (Å²) in [5.41, 5.74) is 2.23. The number of aromatic nitrogens is 4. The first-order chi connectivity index (χ1) is 23.9. The van der Waals surface area contributed by atoms with Gasteiger partial charge >= 0.3 is 5.97 Å². The van der Waals surface area contributed by atoms with E-state index in [0.29, 0.717) is 36.8 Å². The predicted molar refractivity (Wildman–Crippen MR) is 197 cm³/mol. The molecular formula is C35H49F3N6O5Si2. The van der Waals surface area contributed by atoms with E-state index in [-0.39, 0.29) is 42.4 Å². The van der Waals surface area contributed by atoms with Crippen molar-refractivity contribution in [3.63, 3.8) is 0 Å². The number of aromatic carboxylic acids is 1. The van der Waals surface area contributed by atoms with E-state index in [1.807, 2.05) is 10.6 Å². The Morgan fingerprint density at radius 2 is 1.71 bits per heavy atom. The third-order valence-electron chi connectivity index (χ3n) is 8.84. The molecule has 5 rings (SSSR count). The van der Waals surface area contributed by atoms with Crippen molar-refractivity contribution >= 4 is 44.5 Å². The summed E-state index contributed by atoms with van der Waals surface area (Å²) in [6, 6.07) is 10.5. The standard InChI is InChI=1S/C35H49F3N6O5Si2/c1-47-33-30(32(34(45)46)44(41-33)23-49-15-17-51(5,6)7)31(26-10-9-25(19-27(26)36)42-13-12-35(37,38)20-42)40-24-8-11-29-28(18-24)39-21-43(29)22-48-14-16-50(2,3)4/h8-11,18-19,21,31,40H,12-17,20,22-23H2,1-7H3,(H,45,46). The van der Waals surface area contributed by atoms with Crippen LogP contribution in [0.4, 0.5) is 24.5 Å². The molecule has 51 heavy (non-hydrogen) atoms. The van der Waals surface area contributed by atoms with Gasteiger partial charge in [-0.3, -0.25) is 0 Å². The highest BCUT2D eigenvalue weighted by Gasteiger charge is 2.39. The van der Waals surface area contributed by atoms with Crippen LogP contribution in [0.3, 0.4) is 0 Å². The second-order valence-corrected chi connectivity index (χ2v) is 26.7. The molecule has 2 N–H and O–H groups in total. The average Bonchev–Trinajstić information content (AvgIpc) is 3.73. The van der Waals surface area contributed by atoms with Gasteiger partial charge in [-0.1, -0.05) is 45.3 Å². The lowest BCUT2D eigenvalue weighted by Gasteiger charge is -2.24. The number of nitrogens with one attached hydrogen (secondary N) is 1. The van der Waals surface area contributed by atoms with Gasteiger partial charge in [0, 0.05) is 59.3 Å². The third-order valence-corrected chi connectivity index (χ3v) is 12.2. The highest BCUT2D eigenvalue weighted by atomic mass is 28.3. The lowest BCUT2D eigenvalue weighted by molar-refractivity contribution is 0.0257. The number of imidazole rings is 1. The Morgan fingerprint density at radius 1 is 1.02 bits per heavy atom. The van der Waals surface area contributed by atoms with E-state index in [4.69, 9.17) is 14.2 Å². The molecule has 0 radical (unpaired) electrons. The third kappa shape index (κ3) is 9.72. The van der Waals surface area contributed by atoms with Crippen LogP contribution in [0.5, 0.6) is 5.88 Å². The van der Waals surface area contributed by atoms with Gasteiger partial charge in [0.05, 0.1) is 42.6 Å². The lowest BCUT2D eigenvalue weighted by atomic mass is 9.96. The molecule has 278 valence electrons. The van der Waals surface area contributed by atoms with Crippen LogP contribution in [-0.4, -0.2) is 85.9 Å². The molecular weight excluding hydrogens is 698 g/mol. The summed E-state index contributed by atoms with van der Waals surface area (Å²) < 4.78 is 64.8. The molecule has 0 bridgehead atoms. The fourth-order valence-corrected chi connectivity index (χ4v) is 7.40. The fraction of sp³-hybridized carbons (Fsp3) is 0.514. The smallest absolute Gasteiger partial charge is 0.354 e. The minimum absolute atomic E-state index is 0.0258. The van der Waals surface area contributed by atoms with Crippen LogP contribution < -0.4 is 15.0 Å². The van der Waals surface area contributed by atoms with E-state index in [2.05, 4.69) is 54.7 Å². The molecule has 2 aromatic heterocycles. The number of hydrogen-bond donors (Lipinski definition) is 2. The van der Waals surface area contributed by atoms with Crippen molar-refractivity contribution in [1.82, 2.24) is 19.3 Å². The van der Waals surface area contributed by atoms with Crippen LogP contribution in [0.25, 0.3) is 11.0 Å². The van der Waals surface area contributed by atoms with Crippen LogP contribution >= 0.6 is 0 Å². The number of methoxy groups -OCH3 is 1. The zero-order valence-electron chi connectivity index (χ0n) is 30.4. The minimum Gasteiger partial charge on any atom is -0.480 e. The van der Waals surface area contributed by atoms with Crippen LogP contribution in [0.15, 0.2) is 42.7 Å². The molecule has 4 aromatic rings. The van der Waals surface area contributed by atoms with E-state index in [1.165, 1.54) is 28.8 Å². The quantitative estimate of drug-likeness (QED) is 0.0827. The number of benzene rings is 2. The highest BCUT2D eigenvalue weighted by Crippen LogP contribution is 2.39. The maximum Gasteiger partial charge on any atom is 0.354 e. The van der Waals surface area contributed by atoms with Crippen molar-refractivity contribution in [3.05, 3.63) is 65.4 Å². The number of carboxylic acid groups (broad SMARTS) is 1. The highest BCUT2D eigenvalue weighted by molar-refractivity contribution is 6.76. The molecule has 1 aliphatic heterocycles. The summed E-state index contributed by atoms with van der Waals surface area (Å²) >= 11 is 0. The van der Waals surface area contributed by atoms with E-state index in [1.54, 1.807) is 24.5 Å². The number of carboxylic acids is 1. The zero-order chi connectivity index (χ0) is 37.1. The molecule has 1 fully saturated rings. The van der Waals surface area contributed by atoms with E-state index in [0.717, 1.165) is 17.6 Å². The van der Waals surface area contributed by atoms with Gasteiger partial charge in [0.1, 0.15) is 19.3 Å². The number of carbonyl (C=O) groups is 1. The number of halogens is 3. The molecule has 11 nitrogen and oxygen atoms in total. The number of nitrogens with zero attached hydrogens (tertiary/aromatic N) is 5. The molecule has 2 aromatic carbocycles. The minimum atomic E-state index is -2.86. The first-order valence-corrected chi connectivity index (χ1v) is 24.5. The molecule has 0 saturated carbocycles. The van der Waals surface area contributed by atoms with Gasteiger partial charge in [-0.15, -0.1) is 5.10 Å². The molecule has 0 spiro atoms. The maximum atomic E-state index is 16.2. The number of anilines is 2. The number of rotatable bonds is 17. The van der Waals surface area contributed by atoms with Gasteiger partial charge in [0.2, 0.25) is 5.88 Å². The molecule has 0 aliphatic carbocycles. The molecule has 3 heterocycles. The molecule has 1 atom stereocenters. The van der Waals surface area contributed by atoms with Gasteiger partial charge in [0.25, 0.3) is 5.92 Å². The monoisotopic (exact) mass is 746 g/mol. The Morgan fingerprint density at radius 3 is 2.29 bits per heavy atom. The van der Waals surface area contributed by atoms with E-state index >= 15 is 4.39 Å². The van der Waals surface area contributed by atoms with Crippen molar-refractivity contribution < 1.29 is 37.3 Å². The maximum absolute atomic E-state index is 16.2. The second kappa shape index (κ2) is 15.4. The SMILES string of the molecule is COc1nn(COCC[Si](C)(C)C)c(C(=O)O)c1C(Nc1ccc2c(c1)ncn2COCC[Si](C)(C)C)c1ccc(N2CCC(F)(F)C2)cc1F. The van der Waals surface area contributed by atoms with E-state index in [9.17, 15) is 18.7 Å². The van der Waals surface area contributed by atoms with E-state index < -0.39 is 46.4 Å². The summed E-state index contributed by atoms with van der Waals surface area (Å²) in [6.07, 6.45) is 1.38. The second-order valence-electron chi connectivity index (χ2n) is 15.5. The Kier molecular flexibility index (Phi) is 11.6. The van der Waals surface area contributed by atoms with Crippen LogP contribution in [0.1, 0.15) is 34.1 Å². The molecule has 1 saturated heterocycles. The number of hydrogen-bond acceptors (Lipinski definition) is 8. The molecule has 1 unspecified atom stereocenters. The molecule has 1 aliphatic rings. The van der Waals surface area contributed by atoms with Gasteiger partial charge < -0.3 is 34.1 Å². The van der Waals surface area contributed by atoms with Crippen LogP contribution in [-0.2, 0) is 22.9 Å². The van der Waals surface area contributed by atoms with Crippen molar-refractivity contribution in [1.29, 1.82) is 0 Å². The summed E-state index contributed by atoms with van der Waals surface area (Å²) in [4.78, 5) is 18.9. The largest absolute Gasteiger partial charge is 0.480 e. The van der Waals surface area contributed by atoms with Crippen molar-refractivity contribution in [2.24, 2.45) is 0 Å². The van der Waals surface area contributed by atoms with Gasteiger partial charge in [-0.05, 0) is 42.4 Å². The van der Waals surface area contributed by atoms with Crippen LogP contribution in [0.2, 0.25) is 51.4 Å². The zero-order valence-corrected chi connectivity index (χ0v) is 32.4. The average molecular weight is 747 g/mol. The van der Waals surface area contributed by atoms with Gasteiger partial charge in [0.15, 0.2) is 5.69 Å². The van der Waals surface area contributed by atoms with Crippen molar-refractivity contribution in [2.75, 3.05) is 43.6 Å². The molecule has 16 heteroatoms. The van der Waals surface area contributed by atoms with Crippen LogP contribution in [0, 0.1) is 5.82 Å². The summed E-state index contributed by atoms with van der Waals surface area (Å²) in [5.74, 6) is -4.90. The first kappa shape index (κ1) is 38.4. The summed E-state index contributed by atoms with van der Waals surface area (Å²) in [7, 11) is -1.29. The predicted octanol–water partition coefficient (Wildman–Crippen LogP) is 7.75. The number of fused-ring (bicyclic) bond motifs is 1. The summed E-state index contributed by atoms with van der Waals surface area (Å²) in [5, 5.41) is 18.2. The Balaban J connectivity index is 1.51. The van der Waals surface area contributed by atoms with Gasteiger partial charge in [-0.2, -0.15) is 0 Å². The van der Waals surface area contributed by atoms with Crippen molar-refractivity contribution in [3.8, 4) is 5.88 Å². The van der Waals surface area contributed by atoms with Gasteiger partial charge in [-0.25, -0.2) is 27.6 Å². The lowest BCUT2D eigenvalue weighted by Crippen LogP contribution is -2.25.